The minimum absolute atomic E-state index is 0.199. The number of rotatable bonds is 3. The van der Waals surface area contributed by atoms with Crippen molar-refractivity contribution in [1.29, 1.82) is 0 Å². The number of hydrogen-bond donors (Lipinski definition) is 2. The van der Waals surface area contributed by atoms with Crippen LogP contribution >= 0.6 is 0 Å². The second-order valence-electron chi connectivity index (χ2n) is 5.14. The van der Waals surface area contributed by atoms with Crippen molar-refractivity contribution >= 4 is 0 Å². The topological polar surface area (TPSA) is 49.7 Å². The lowest BCUT2D eigenvalue weighted by Crippen LogP contribution is -2.48. The first kappa shape index (κ1) is 12.9. The highest BCUT2D eigenvalue weighted by Gasteiger charge is 2.38. The van der Waals surface area contributed by atoms with Gasteiger partial charge in [-0.25, -0.2) is 0 Å². The third kappa shape index (κ3) is 4.60. The van der Waals surface area contributed by atoms with E-state index in [-0.39, 0.29) is 11.5 Å². The van der Waals surface area contributed by atoms with Crippen LogP contribution in [-0.2, 0) is 4.74 Å². The Kier molecular flexibility index (Phi) is 3.91. The monoisotopic (exact) mass is 190 g/mol. The molecule has 0 saturated heterocycles. The molecule has 0 aliphatic heterocycles. The zero-order chi connectivity index (χ0) is 10.9. The van der Waals surface area contributed by atoms with Crippen LogP contribution in [0.15, 0.2) is 0 Å². The molecule has 0 aliphatic rings. The van der Waals surface area contributed by atoms with E-state index in [1.165, 1.54) is 0 Å². The Hall–Kier alpha value is -0.120. The number of aliphatic hydroxyl groups excluding tert-OH is 1. The lowest BCUT2D eigenvalue weighted by atomic mass is 9.80. The molecule has 0 radical (unpaired) electrons. The van der Waals surface area contributed by atoms with Gasteiger partial charge in [-0.2, -0.15) is 0 Å². The molecule has 3 heteroatoms. The predicted octanol–water partition coefficient (Wildman–Crippen LogP) is 1.53. The number of ether oxygens (including phenoxy) is 1. The minimum atomic E-state index is -0.949. The Bertz CT molecular complexity index is 137. The minimum Gasteiger partial charge on any atom is -0.388 e. The van der Waals surface area contributed by atoms with E-state index >= 15 is 0 Å². The summed E-state index contributed by atoms with van der Waals surface area (Å²) in [6.45, 7) is 10.8. The highest BCUT2D eigenvalue weighted by molar-refractivity contribution is 4.87. The maximum absolute atomic E-state index is 9.83. The number of hydrogen-bond acceptors (Lipinski definition) is 3. The first-order valence-electron chi connectivity index (χ1n) is 4.61. The van der Waals surface area contributed by atoms with Crippen LogP contribution in [0.5, 0.6) is 0 Å². The van der Waals surface area contributed by atoms with Crippen molar-refractivity contribution < 1.29 is 14.9 Å². The molecule has 3 nitrogen and oxygen atoms in total. The molecule has 13 heavy (non-hydrogen) atoms. The summed E-state index contributed by atoms with van der Waals surface area (Å²) in [6.07, 6.45) is -1.24. The fraction of sp³-hybridized carbons (Fsp3) is 1.00. The first-order valence-corrected chi connectivity index (χ1v) is 4.61. The van der Waals surface area contributed by atoms with Crippen LogP contribution in [0, 0.1) is 5.41 Å². The van der Waals surface area contributed by atoms with Crippen LogP contribution < -0.4 is 0 Å². The SMILES string of the molecule is CC(O)OC(C(C)(C)C)C(C)(C)O. The standard InChI is InChI=1S/C10H22O3/c1-7(11)13-8(9(2,3)4)10(5,6)12/h7-8,11-12H,1-6H3. The summed E-state index contributed by atoms with van der Waals surface area (Å²) in [5, 5.41) is 18.9. The average molecular weight is 190 g/mol. The van der Waals surface area contributed by atoms with Crippen LogP contribution in [-0.4, -0.2) is 28.2 Å². The number of aliphatic hydroxyl groups is 2. The molecule has 0 amide bonds. The maximum atomic E-state index is 9.83. The molecule has 0 bridgehead atoms. The van der Waals surface area contributed by atoms with Gasteiger partial charge in [-0.3, -0.25) is 0 Å². The van der Waals surface area contributed by atoms with Gasteiger partial charge in [0.1, 0.15) is 0 Å². The lowest BCUT2D eigenvalue weighted by Gasteiger charge is -2.39. The maximum Gasteiger partial charge on any atom is 0.152 e. The Morgan fingerprint density at radius 1 is 1.08 bits per heavy atom. The van der Waals surface area contributed by atoms with E-state index < -0.39 is 11.9 Å². The summed E-state index contributed by atoms with van der Waals surface area (Å²) >= 11 is 0. The molecular formula is C10H22O3. The van der Waals surface area contributed by atoms with E-state index in [4.69, 9.17) is 9.84 Å². The van der Waals surface area contributed by atoms with Gasteiger partial charge >= 0.3 is 0 Å². The van der Waals surface area contributed by atoms with Gasteiger partial charge in [-0.05, 0) is 26.2 Å². The molecule has 0 spiro atoms. The largest absolute Gasteiger partial charge is 0.388 e. The Morgan fingerprint density at radius 3 is 1.54 bits per heavy atom. The van der Waals surface area contributed by atoms with Crippen molar-refractivity contribution in [1.82, 2.24) is 0 Å². The molecule has 0 aromatic heterocycles. The van der Waals surface area contributed by atoms with Crippen LogP contribution in [0.1, 0.15) is 41.5 Å². The third-order valence-electron chi connectivity index (χ3n) is 1.76. The quantitative estimate of drug-likeness (QED) is 0.663. The second-order valence-corrected chi connectivity index (χ2v) is 5.14. The Labute approximate surface area is 80.7 Å². The van der Waals surface area contributed by atoms with E-state index in [0.29, 0.717) is 0 Å². The lowest BCUT2D eigenvalue weighted by molar-refractivity contribution is -0.210. The smallest absolute Gasteiger partial charge is 0.152 e. The van der Waals surface area contributed by atoms with Crippen LogP contribution in [0.3, 0.4) is 0 Å². The van der Waals surface area contributed by atoms with Crippen molar-refractivity contribution in [2.24, 2.45) is 5.41 Å². The van der Waals surface area contributed by atoms with Crippen LogP contribution in [0.4, 0.5) is 0 Å². The Balaban J connectivity index is 4.58. The fourth-order valence-corrected chi connectivity index (χ4v) is 1.63. The second kappa shape index (κ2) is 3.95. The first-order chi connectivity index (χ1) is 5.55. The normalized spacial score (nSPS) is 18.5. The van der Waals surface area contributed by atoms with Crippen LogP contribution in [0.25, 0.3) is 0 Å². The summed E-state index contributed by atoms with van der Waals surface area (Å²) in [5.74, 6) is 0. The van der Waals surface area contributed by atoms with Gasteiger partial charge in [-0.1, -0.05) is 20.8 Å². The van der Waals surface area contributed by atoms with E-state index in [9.17, 15) is 5.11 Å². The molecule has 2 N–H and O–H groups in total. The van der Waals surface area contributed by atoms with Gasteiger partial charge in [0.15, 0.2) is 6.29 Å². The zero-order valence-electron chi connectivity index (χ0n) is 9.46. The molecule has 0 saturated carbocycles. The summed E-state index contributed by atoms with van der Waals surface area (Å²) in [6, 6.07) is 0. The van der Waals surface area contributed by atoms with Crippen molar-refractivity contribution in [2.45, 2.75) is 59.5 Å². The van der Waals surface area contributed by atoms with Gasteiger partial charge in [0.25, 0.3) is 0 Å². The molecule has 0 fully saturated rings. The van der Waals surface area contributed by atoms with E-state index in [2.05, 4.69) is 0 Å². The van der Waals surface area contributed by atoms with Crippen molar-refractivity contribution in [3.05, 3.63) is 0 Å². The van der Waals surface area contributed by atoms with Gasteiger partial charge in [0, 0.05) is 0 Å². The summed E-state index contributed by atoms with van der Waals surface area (Å²) in [5.41, 5.74) is -1.15. The van der Waals surface area contributed by atoms with Crippen molar-refractivity contribution in [3.8, 4) is 0 Å². The fourth-order valence-electron chi connectivity index (χ4n) is 1.63. The molecule has 0 aliphatic carbocycles. The van der Waals surface area contributed by atoms with Gasteiger partial charge in [0.2, 0.25) is 0 Å². The molecule has 0 heterocycles. The molecular weight excluding hydrogens is 168 g/mol. The zero-order valence-corrected chi connectivity index (χ0v) is 9.46. The third-order valence-corrected chi connectivity index (χ3v) is 1.76. The molecule has 2 atom stereocenters. The van der Waals surface area contributed by atoms with Crippen molar-refractivity contribution in [3.63, 3.8) is 0 Å². The average Bonchev–Trinajstić information content (AvgIpc) is 1.77. The van der Waals surface area contributed by atoms with E-state index in [0.717, 1.165) is 0 Å². The molecule has 0 aromatic carbocycles. The van der Waals surface area contributed by atoms with Gasteiger partial charge < -0.3 is 14.9 Å². The molecule has 0 aromatic rings. The van der Waals surface area contributed by atoms with Crippen molar-refractivity contribution in [2.75, 3.05) is 0 Å². The van der Waals surface area contributed by atoms with E-state index in [1.807, 2.05) is 20.8 Å². The highest BCUT2D eigenvalue weighted by Crippen LogP contribution is 2.31. The van der Waals surface area contributed by atoms with E-state index in [1.54, 1.807) is 20.8 Å². The molecule has 2 unspecified atom stereocenters. The Morgan fingerprint density at radius 2 is 1.46 bits per heavy atom. The summed E-state index contributed by atoms with van der Waals surface area (Å²) < 4.78 is 5.28. The molecule has 80 valence electrons. The summed E-state index contributed by atoms with van der Waals surface area (Å²) in [4.78, 5) is 0. The molecule has 0 rings (SSSR count). The van der Waals surface area contributed by atoms with Gasteiger partial charge in [0.05, 0.1) is 11.7 Å². The van der Waals surface area contributed by atoms with Gasteiger partial charge in [-0.15, -0.1) is 0 Å². The summed E-state index contributed by atoms with van der Waals surface area (Å²) in [7, 11) is 0. The predicted molar refractivity (Wildman–Crippen MR) is 52.3 cm³/mol. The highest BCUT2D eigenvalue weighted by atomic mass is 16.6. The van der Waals surface area contributed by atoms with Crippen LogP contribution in [0.2, 0.25) is 0 Å².